The molecule has 2 aromatic heterocycles. The number of benzene rings is 2. The van der Waals surface area contributed by atoms with E-state index in [1.807, 2.05) is 31.2 Å². The van der Waals surface area contributed by atoms with Crippen LogP contribution in [0.25, 0.3) is 15.9 Å². The van der Waals surface area contributed by atoms with E-state index in [0.29, 0.717) is 5.95 Å². The minimum Gasteiger partial charge on any atom is -0.268 e. The number of fused-ring (bicyclic) bond motifs is 3. The molecule has 1 N–H and O–H groups in total. The fraction of sp³-hybridized carbons (Fsp3) is 0.208. The molecule has 0 saturated heterocycles. The average Bonchev–Trinajstić information content (AvgIpc) is 3.15. The van der Waals surface area contributed by atoms with Gasteiger partial charge in [0.25, 0.3) is 5.56 Å². The van der Waals surface area contributed by atoms with E-state index in [0.717, 1.165) is 58.3 Å². The smallest absolute Gasteiger partial charge is 0.268 e. The predicted octanol–water partition coefficient (Wildman–Crippen LogP) is 5.22. The summed E-state index contributed by atoms with van der Waals surface area (Å²) in [6.45, 7) is 2.01. The second kappa shape index (κ2) is 8.07. The van der Waals surface area contributed by atoms with E-state index < -0.39 is 0 Å². The van der Waals surface area contributed by atoms with Crippen LogP contribution in [0.4, 0.5) is 10.3 Å². The Hall–Kier alpha value is -3.32. The number of aromatic nitrogens is 2. The van der Waals surface area contributed by atoms with Crippen LogP contribution in [0.15, 0.2) is 58.4 Å². The normalized spacial score (nSPS) is 13.6. The van der Waals surface area contributed by atoms with E-state index >= 15 is 0 Å². The first-order chi connectivity index (χ1) is 15.1. The van der Waals surface area contributed by atoms with Crippen LogP contribution in [0, 0.1) is 12.7 Å². The van der Waals surface area contributed by atoms with Crippen LogP contribution in [-0.2, 0) is 12.8 Å². The van der Waals surface area contributed by atoms with Gasteiger partial charge in [-0.1, -0.05) is 29.8 Å². The maximum atomic E-state index is 13.6. The van der Waals surface area contributed by atoms with Crippen LogP contribution in [-0.4, -0.2) is 15.8 Å². The van der Waals surface area contributed by atoms with E-state index in [1.165, 1.54) is 17.0 Å². The molecule has 2 aromatic carbocycles. The molecule has 0 fully saturated rings. The van der Waals surface area contributed by atoms with Gasteiger partial charge in [0.2, 0.25) is 5.95 Å². The fourth-order valence-electron chi connectivity index (χ4n) is 3.93. The van der Waals surface area contributed by atoms with Gasteiger partial charge in [0, 0.05) is 4.88 Å². The molecular formula is C24H21FN4OS. The monoisotopic (exact) mass is 432 g/mol. The third-order valence-corrected chi connectivity index (χ3v) is 6.71. The van der Waals surface area contributed by atoms with Gasteiger partial charge in [-0.05, 0) is 68.0 Å². The van der Waals surface area contributed by atoms with Crippen molar-refractivity contribution >= 4 is 33.7 Å². The topological polar surface area (TPSA) is 59.3 Å². The second-order valence-corrected chi connectivity index (χ2v) is 8.81. The number of hydrogen-bond acceptors (Lipinski definition) is 5. The first-order valence-electron chi connectivity index (χ1n) is 10.3. The lowest BCUT2D eigenvalue weighted by Gasteiger charge is -2.13. The van der Waals surface area contributed by atoms with Gasteiger partial charge in [-0.15, -0.1) is 11.3 Å². The van der Waals surface area contributed by atoms with Crippen molar-refractivity contribution in [2.45, 2.75) is 32.6 Å². The summed E-state index contributed by atoms with van der Waals surface area (Å²) in [5, 5.41) is 4.99. The van der Waals surface area contributed by atoms with Crippen molar-refractivity contribution in [1.82, 2.24) is 9.55 Å². The molecular weight excluding hydrogens is 411 g/mol. The molecule has 5 rings (SSSR count). The minimum absolute atomic E-state index is 0.0762. The molecule has 0 atom stereocenters. The third-order valence-electron chi connectivity index (χ3n) is 5.53. The van der Waals surface area contributed by atoms with E-state index in [4.69, 9.17) is 4.98 Å². The molecule has 2 heterocycles. The molecule has 5 nitrogen and oxygen atoms in total. The number of nitrogens with one attached hydrogen (secondary N) is 1. The highest BCUT2D eigenvalue weighted by atomic mass is 32.1. The molecule has 156 valence electrons. The number of aryl methyl sites for hydroxylation is 3. The molecule has 1 aliphatic rings. The van der Waals surface area contributed by atoms with Gasteiger partial charge in [0.05, 0.1) is 17.3 Å². The van der Waals surface area contributed by atoms with Crippen LogP contribution in [0.3, 0.4) is 0 Å². The van der Waals surface area contributed by atoms with Crippen LogP contribution < -0.4 is 11.0 Å². The van der Waals surface area contributed by atoms with Gasteiger partial charge in [0.1, 0.15) is 10.6 Å². The lowest BCUT2D eigenvalue weighted by atomic mass is 9.97. The van der Waals surface area contributed by atoms with Crippen molar-refractivity contribution in [3.05, 3.63) is 86.3 Å². The van der Waals surface area contributed by atoms with E-state index in [2.05, 4.69) is 10.5 Å². The Kier molecular flexibility index (Phi) is 5.11. The standard InChI is InChI=1S/C24H21FN4OS/c1-15-6-12-18(13-7-15)29-23(30)21-19-4-2-3-5-20(19)31-22(21)27-24(29)28-26-14-16-8-10-17(25)11-9-16/h6-14H,2-5H2,1H3,(H,27,28)/b26-14-. The van der Waals surface area contributed by atoms with E-state index in [-0.39, 0.29) is 11.4 Å². The highest BCUT2D eigenvalue weighted by molar-refractivity contribution is 7.18. The fourth-order valence-corrected chi connectivity index (χ4v) is 5.18. The SMILES string of the molecule is Cc1ccc(-n2c(N/N=C\c3ccc(F)cc3)nc3sc4c(c3c2=O)CCCC4)cc1. The minimum atomic E-state index is -0.299. The van der Waals surface area contributed by atoms with Crippen molar-refractivity contribution in [2.75, 3.05) is 5.43 Å². The Morgan fingerprint density at radius 1 is 1.10 bits per heavy atom. The molecule has 1 aliphatic carbocycles. The Balaban J connectivity index is 1.63. The summed E-state index contributed by atoms with van der Waals surface area (Å²) >= 11 is 1.61. The van der Waals surface area contributed by atoms with Crippen molar-refractivity contribution in [3.8, 4) is 5.69 Å². The number of halogens is 1. The summed E-state index contributed by atoms with van der Waals surface area (Å²) in [4.78, 5) is 20.4. The van der Waals surface area contributed by atoms with Gasteiger partial charge in [0.15, 0.2) is 0 Å². The zero-order valence-electron chi connectivity index (χ0n) is 17.1. The van der Waals surface area contributed by atoms with Crippen molar-refractivity contribution in [3.63, 3.8) is 0 Å². The van der Waals surface area contributed by atoms with Crippen LogP contribution >= 0.6 is 11.3 Å². The van der Waals surface area contributed by atoms with E-state index in [9.17, 15) is 9.18 Å². The first kappa shape index (κ1) is 19.6. The van der Waals surface area contributed by atoms with Crippen molar-refractivity contribution in [2.24, 2.45) is 5.10 Å². The number of hydrazone groups is 1. The Bertz CT molecular complexity index is 1340. The Morgan fingerprint density at radius 3 is 2.61 bits per heavy atom. The third kappa shape index (κ3) is 3.77. The highest BCUT2D eigenvalue weighted by Gasteiger charge is 2.22. The zero-order valence-corrected chi connectivity index (χ0v) is 17.9. The lowest BCUT2D eigenvalue weighted by Crippen LogP contribution is -2.23. The average molecular weight is 433 g/mol. The molecule has 31 heavy (non-hydrogen) atoms. The second-order valence-electron chi connectivity index (χ2n) is 7.72. The number of hydrogen-bond donors (Lipinski definition) is 1. The van der Waals surface area contributed by atoms with Gasteiger partial charge >= 0.3 is 0 Å². The van der Waals surface area contributed by atoms with Crippen LogP contribution in [0.5, 0.6) is 0 Å². The zero-order chi connectivity index (χ0) is 21.4. The Morgan fingerprint density at radius 2 is 1.84 bits per heavy atom. The lowest BCUT2D eigenvalue weighted by molar-refractivity contribution is 0.628. The maximum absolute atomic E-state index is 13.6. The van der Waals surface area contributed by atoms with Gasteiger partial charge in [-0.3, -0.25) is 4.79 Å². The van der Waals surface area contributed by atoms with Gasteiger partial charge < -0.3 is 0 Å². The summed E-state index contributed by atoms with van der Waals surface area (Å²) in [7, 11) is 0. The van der Waals surface area contributed by atoms with Crippen molar-refractivity contribution in [1.29, 1.82) is 0 Å². The Labute approximate surface area is 182 Å². The highest BCUT2D eigenvalue weighted by Crippen LogP contribution is 2.34. The summed E-state index contributed by atoms with van der Waals surface area (Å²) in [6.07, 6.45) is 5.76. The number of nitrogens with zero attached hydrogens (tertiary/aromatic N) is 3. The summed E-state index contributed by atoms with van der Waals surface area (Å²) in [5.74, 6) is 0.0606. The molecule has 0 unspecified atom stereocenters. The number of rotatable bonds is 4. The van der Waals surface area contributed by atoms with Crippen molar-refractivity contribution < 1.29 is 4.39 Å². The molecule has 4 aromatic rings. The molecule has 0 aliphatic heterocycles. The molecule has 0 spiro atoms. The molecule has 0 saturated carbocycles. The van der Waals surface area contributed by atoms with Gasteiger partial charge in [-0.2, -0.15) is 5.10 Å². The summed E-state index contributed by atoms with van der Waals surface area (Å²) in [6, 6.07) is 13.8. The maximum Gasteiger partial charge on any atom is 0.268 e. The largest absolute Gasteiger partial charge is 0.268 e. The first-order valence-corrected chi connectivity index (χ1v) is 11.1. The molecule has 0 amide bonds. The quantitative estimate of drug-likeness (QED) is 0.355. The summed E-state index contributed by atoms with van der Waals surface area (Å²) < 4.78 is 14.7. The van der Waals surface area contributed by atoms with Gasteiger partial charge in [-0.25, -0.2) is 19.4 Å². The number of thiophene rings is 1. The van der Waals surface area contributed by atoms with E-state index in [1.54, 1.807) is 34.3 Å². The number of anilines is 1. The summed E-state index contributed by atoms with van der Waals surface area (Å²) in [5.41, 5.74) is 6.61. The van der Waals surface area contributed by atoms with Crippen LogP contribution in [0.2, 0.25) is 0 Å². The molecule has 0 bridgehead atoms. The molecule has 7 heteroatoms. The predicted molar refractivity (Wildman–Crippen MR) is 124 cm³/mol. The van der Waals surface area contributed by atoms with Crippen LogP contribution in [0.1, 0.15) is 34.4 Å². The molecule has 0 radical (unpaired) electrons.